The number of epoxide rings is 1. The normalized spacial score (nSPS) is 29.2. The Labute approximate surface area is 252 Å². The van der Waals surface area contributed by atoms with Crippen LogP contribution in [0, 0.1) is 41.0 Å². The number of carbonyl (C=O) groups excluding carboxylic acids is 1. The van der Waals surface area contributed by atoms with Gasteiger partial charge >= 0.3 is 5.97 Å². The highest BCUT2D eigenvalue weighted by Gasteiger charge is 2.35. The fraction of sp³-hybridized carbons (Fsp3) is 0.583. The van der Waals surface area contributed by atoms with E-state index in [9.17, 15) is 22.4 Å². The summed E-state index contributed by atoms with van der Waals surface area (Å²) < 4.78 is 69.6. The fourth-order valence-electron chi connectivity index (χ4n) is 7.78. The predicted molar refractivity (Wildman–Crippen MR) is 157 cm³/mol. The molecule has 2 aromatic rings. The number of hydrogen-bond donors (Lipinski definition) is 0. The largest absolute Gasteiger partial charge is 0.462 e. The van der Waals surface area contributed by atoms with Crippen LogP contribution in [-0.2, 0) is 20.7 Å². The Hall–Kier alpha value is -2.67. The summed E-state index contributed by atoms with van der Waals surface area (Å²) in [5, 5.41) is 0. The lowest BCUT2D eigenvalue weighted by molar-refractivity contribution is -0.157. The smallest absolute Gasteiger partial charge is 0.309 e. The van der Waals surface area contributed by atoms with Gasteiger partial charge in [-0.05, 0) is 112 Å². The minimum Gasteiger partial charge on any atom is -0.462 e. The van der Waals surface area contributed by atoms with Crippen molar-refractivity contribution in [2.75, 3.05) is 6.61 Å². The van der Waals surface area contributed by atoms with Gasteiger partial charge in [-0.2, -0.15) is 0 Å². The first kappa shape index (κ1) is 30.4. The lowest BCUT2D eigenvalue weighted by atomic mass is 9.71. The van der Waals surface area contributed by atoms with E-state index in [1.54, 1.807) is 24.3 Å². The lowest BCUT2D eigenvalue weighted by Gasteiger charge is -2.36. The maximum Gasteiger partial charge on any atom is 0.309 e. The minimum absolute atomic E-state index is 0.0483. The van der Waals surface area contributed by atoms with Crippen molar-refractivity contribution in [1.29, 1.82) is 0 Å². The van der Waals surface area contributed by atoms with Gasteiger partial charge < -0.3 is 9.47 Å². The van der Waals surface area contributed by atoms with Crippen molar-refractivity contribution in [1.82, 2.24) is 0 Å². The maximum atomic E-state index is 14.8. The Bertz CT molecular complexity index is 1350. The molecule has 1 heterocycles. The SMILES string of the molecule is CCCc1ccc(C2CCC(OC(=O)C3CCC(C4CC=C(c5ccc(C6CO6)c(F)c5F)CC4)CC3)CC2)c(F)c1F. The van der Waals surface area contributed by atoms with E-state index in [1.807, 2.05) is 6.92 Å². The zero-order chi connectivity index (χ0) is 30.1. The van der Waals surface area contributed by atoms with Gasteiger partial charge in [0.25, 0.3) is 0 Å². The number of aryl methyl sites for hydroxylation is 1. The molecule has 43 heavy (non-hydrogen) atoms. The Morgan fingerprint density at radius 1 is 0.814 bits per heavy atom. The summed E-state index contributed by atoms with van der Waals surface area (Å²) in [4.78, 5) is 13.0. The number of rotatable bonds is 8. The van der Waals surface area contributed by atoms with E-state index in [-0.39, 0.29) is 30.0 Å². The molecule has 1 aliphatic heterocycles. The Morgan fingerprint density at radius 3 is 2.16 bits per heavy atom. The first-order chi connectivity index (χ1) is 20.8. The Kier molecular flexibility index (Phi) is 9.27. The van der Waals surface area contributed by atoms with Crippen molar-refractivity contribution in [3.8, 4) is 0 Å². The van der Waals surface area contributed by atoms with Crippen molar-refractivity contribution in [2.45, 2.75) is 109 Å². The molecule has 2 atom stereocenters. The lowest BCUT2D eigenvalue weighted by Crippen LogP contribution is -2.31. The van der Waals surface area contributed by atoms with Gasteiger partial charge in [-0.1, -0.05) is 43.7 Å². The highest BCUT2D eigenvalue weighted by Crippen LogP contribution is 2.43. The second kappa shape index (κ2) is 13.1. The third kappa shape index (κ3) is 6.57. The molecule has 232 valence electrons. The molecule has 3 fully saturated rings. The zero-order valence-corrected chi connectivity index (χ0v) is 25.0. The van der Waals surface area contributed by atoms with Crippen molar-refractivity contribution in [2.24, 2.45) is 17.8 Å². The molecule has 0 amide bonds. The van der Waals surface area contributed by atoms with Gasteiger partial charge in [-0.15, -0.1) is 0 Å². The summed E-state index contributed by atoms with van der Waals surface area (Å²) in [6.45, 7) is 2.39. The second-order valence-corrected chi connectivity index (χ2v) is 13.1. The molecular formula is C36H42F4O3. The van der Waals surface area contributed by atoms with E-state index in [0.717, 1.165) is 56.9 Å². The third-order valence-corrected chi connectivity index (χ3v) is 10.5. The molecule has 2 unspecified atom stereocenters. The van der Waals surface area contributed by atoms with E-state index >= 15 is 0 Å². The minimum atomic E-state index is -0.789. The standard InChI is InChI=1S/C36H42F4O3/c1-2-3-25-14-17-28(33(38)32(25)37)24-12-15-27(16-13-24)43-36(41)26-10-6-22(7-11-26)21-4-8-23(9-5-21)29-18-19-30(31-20-42-31)35(40)34(29)39/h8,14,17-19,21-22,24,26-27,31H,2-7,9-13,15-16,20H2,1H3. The molecule has 2 saturated carbocycles. The average Bonchev–Trinajstić information content (AvgIpc) is 3.87. The van der Waals surface area contributed by atoms with Crippen molar-refractivity contribution in [3.05, 3.63) is 75.9 Å². The molecule has 0 bridgehead atoms. The van der Waals surface area contributed by atoms with Gasteiger partial charge in [-0.3, -0.25) is 4.79 Å². The molecule has 0 aromatic heterocycles. The van der Waals surface area contributed by atoms with Gasteiger partial charge in [0.2, 0.25) is 0 Å². The van der Waals surface area contributed by atoms with Gasteiger partial charge in [0, 0.05) is 11.1 Å². The van der Waals surface area contributed by atoms with Crippen molar-refractivity contribution < 1.29 is 31.8 Å². The summed E-state index contributed by atoms with van der Waals surface area (Å²) in [5.41, 5.74) is 2.43. The van der Waals surface area contributed by atoms with Crippen molar-refractivity contribution >= 4 is 11.5 Å². The molecule has 0 spiro atoms. The van der Waals surface area contributed by atoms with Crippen LogP contribution in [0.5, 0.6) is 0 Å². The van der Waals surface area contributed by atoms with Gasteiger partial charge in [-0.25, -0.2) is 17.6 Å². The second-order valence-electron chi connectivity index (χ2n) is 13.1. The Balaban J connectivity index is 0.953. The van der Waals surface area contributed by atoms with Crippen LogP contribution in [0.25, 0.3) is 5.57 Å². The van der Waals surface area contributed by atoms with Gasteiger partial charge in [0.1, 0.15) is 12.2 Å². The quantitative estimate of drug-likeness (QED) is 0.173. The van der Waals surface area contributed by atoms with Crippen LogP contribution < -0.4 is 0 Å². The first-order valence-corrected chi connectivity index (χ1v) is 16.3. The number of hydrogen-bond acceptors (Lipinski definition) is 3. The van der Waals surface area contributed by atoms with Crippen LogP contribution in [0.2, 0.25) is 0 Å². The van der Waals surface area contributed by atoms with Gasteiger partial charge in [0.05, 0.1) is 12.5 Å². The fourth-order valence-corrected chi connectivity index (χ4v) is 7.78. The Morgan fingerprint density at radius 2 is 1.51 bits per heavy atom. The van der Waals surface area contributed by atoms with Crippen molar-refractivity contribution in [3.63, 3.8) is 0 Å². The van der Waals surface area contributed by atoms with Crippen LogP contribution in [-0.4, -0.2) is 18.7 Å². The van der Waals surface area contributed by atoms with Crippen LogP contribution in [0.3, 0.4) is 0 Å². The molecule has 0 radical (unpaired) electrons. The molecule has 3 aliphatic carbocycles. The number of allylic oxidation sites excluding steroid dienone is 2. The molecule has 1 saturated heterocycles. The van der Waals surface area contributed by atoms with E-state index in [1.165, 1.54) is 0 Å². The summed E-state index contributed by atoms with van der Waals surface area (Å²) in [6, 6.07) is 6.79. The van der Waals surface area contributed by atoms with Crippen LogP contribution in [0.4, 0.5) is 17.6 Å². The molecule has 3 nitrogen and oxygen atoms in total. The highest BCUT2D eigenvalue weighted by atomic mass is 19.2. The molecule has 0 N–H and O–H groups in total. The summed E-state index contributed by atoms with van der Waals surface area (Å²) in [6.07, 6.45) is 11.7. The number of esters is 1. The summed E-state index contributed by atoms with van der Waals surface area (Å²) in [7, 11) is 0. The number of carbonyl (C=O) groups is 1. The van der Waals surface area contributed by atoms with E-state index in [2.05, 4.69) is 6.08 Å². The predicted octanol–water partition coefficient (Wildman–Crippen LogP) is 9.53. The average molecular weight is 599 g/mol. The third-order valence-electron chi connectivity index (χ3n) is 10.5. The highest BCUT2D eigenvalue weighted by molar-refractivity contribution is 5.72. The molecule has 4 aliphatic rings. The number of halogens is 4. The monoisotopic (exact) mass is 598 g/mol. The first-order valence-electron chi connectivity index (χ1n) is 16.3. The van der Waals surface area contributed by atoms with E-state index < -0.39 is 23.3 Å². The number of benzene rings is 2. The van der Waals surface area contributed by atoms with Gasteiger partial charge in [0.15, 0.2) is 23.3 Å². The molecular weight excluding hydrogens is 556 g/mol. The topological polar surface area (TPSA) is 38.8 Å². The van der Waals surface area contributed by atoms with E-state index in [0.29, 0.717) is 72.8 Å². The molecule has 2 aromatic carbocycles. The molecule has 6 rings (SSSR count). The molecule has 7 heteroatoms. The van der Waals surface area contributed by atoms with Crippen LogP contribution in [0.1, 0.15) is 118 Å². The summed E-state index contributed by atoms with van der Waals surface area (Å²) >= 11 is 0. The number of ether oxygens (including phenoxy) is 2. The zero-order valence-electron chi connectivity index (χ0n) is 25.0. The van der Waals surface area contributed by atoms with Crippen LogP contribution >= 0.6 is 0 Å². The van der Waals surface area contributed by atoms with E-state index in [4.69, 9.17) is 9.47 Å². The maximum absolute atomic E-state index is 14.8. The van der Waals surface area contributed by atoms with Crippen LogP contribution in [0.15, 0.2) is 30.3 Å². The summed E-state index contributed by atoms with van der Waals surface area (Å²) in [5.74, 6) is -2.24.